The number of halogens is 1. The predicted molar refractivity (Wildman–Crippen MR) is 75.9 cm³/mol. The van der Waals surface area contributed by atoms with Crippen LogP contribution in [0.1, 0.15) is 64.0 Å². The molecule has 0 radical (unpaired) electrons. The van der Waals surface area contributed by atoms with E-state index in [1.807, 2.05) is 0 Å². The summed E-state index contributed by atoms with van der Waals surface area (Å²) in [5.41, 5.74) is 0.519. The van der Waals surface area contributed by atoms with Crippen LogP contribution in [-0.4, -0.2) is 11.7 Å². The maximum absolute atomic E-state index is 13.1. The maximum Gasteiger partial charge on any atom is 0.125 e. The van der Waals surface area contributed by atoms with Gasteiger partial charge in [0.05, 0.1) is 12.7 Å². The standard InChI is InChI=1S/C16H25FO2/c1-3-4-5-6-7-8-11-19-16-10-9-14(17)12-15(16)13(2)18/h9-10,12-13,18H,3-8,11H2,1-2H3/t13-/m1/s1. The quantitative estimate of drug-likeness (QED) is 0.662. The van der Waals surface area contributed by atoms with Crippen LogP contribution in [0.5, 0.6) is 5.75 Å². The molecule has 2 nitrogen and oxygen atoms in total. The van der Waals surface area contributed by atoms with E-state index in [1.165, 1.54) is 37.8 Å². The molecule has 0 saturated carbocycles. The van der Waals surface area contributed by atoms with Crippen LogP contribution in [0, 0.1) is 5.82 Å². The molecule has 0 amide bonds. The van der Waals surface area contributed by atoms with Crippen molar-refractivity contribution in [2.75, 3.05) is 6.61 Å². The average molecular weight is 268 g/mol. The minimum Gasteiger partial charge on any atom is -0.493 e. The molecular weight excluding hydrogens is 243 g/mol. The first-order chi connectivity index (χ1) is 9.15. The van der Waals surface area contributed by atoms with Gasteiger partial charge in [-0.2, -0.15) is 0 Å². The minimum atomic E-state index is -0.713. The van der Waals surface area contributed by atoms with Crippen LogP contribution >= 0.6 is 0 Å². The molecule has 3 heteroatoms. The lowest BCUT2D eigenvalue weighted by Crippen LogP contribution is -2.03. The lowest BCUT2D eigenvalue weighted by molar-refractivity contribution is 0.190. The fraction of sp³-hybridized carbons (Fsp3) is 0.625. The summed E-state index contributed by atoms with van der Waals surface area (Å²) >= 11 is 0. The van der Waals surface area contributed by atoms with Gasteiger partial charge >= 0.3 is 0 Å². The van der Waals surface area contributed by atoms with E-state index in [2.05, 4.69) is 6.92 Å². The van der Waals surface area contributed by atoms with Crippen molar-refractivity contribution in [3.63, 3.8) is 0 Å². The fourth-order valence-corrected chi connectivity index (χ4v) is 2.04. The first kappa shape index (κ1) is 16.0. The molecule has 1 aromatic carbocycles. The van der Waals surface area contributed by atoms with Crippen molar-refractivity contribution < 1.29 is 14.2 Å². The van der Waals surface area contributed by atoms with Crippen LogP contribution in [-0.2, 0) is 0 Å². The number of hydrogen-bond donors (Lipinski definition) is 1. The van der Waals surface area contributed by atoms with Crippen LogP contribution < -0.4 is 4.74 Å². The Balaban J connectivity index is 2.33. The molecule has 1 atom stereocenters. The monoisotopic (exact) mass is 268 g/mol. The third-order valence-electron chi connectivity index (χ3n) is 3.18. The molecule has 0 saturated heterocycles. The van der Waals surface area contributed by atoms with Crippen molar-refractivity contribution in [3.8, 4) is 5.75 Å². The SMILES string of the molecule is CCCCCCCCOc1ccc(F)cc1[C@@H](C)O. The highest BCUT2D eigenvalue weighted by Crippen LogP contribution is 2.26. The van der Waals surface area contributed by atoms with E-state index in [-0.39, 0.29) is 5.82 Å². The Morgan fingerprint density at radius 1 is 1.16 bits per heavy atom. The lowest BCUT2D eigenvalue weighted by Gasteiger charge is -2.13. The Morgan fingerprint density at radius 2 is 1.84 bits per heavy atom. The zero-order valence-electron chi connectivity index (χ0n) is 12.0. The van der Waals surface area contributed by atoms with Crippen molar-refractivity contribution in [1.82, 2.24) is 0 Å². The Kier molecular flexibility index (Phi) is 7.49. The molecule has 0 aliphatic heterocycles. The third-order valence-corrected chi connectivity index (χ3v) is 3.18. The molecular formula is C16H25FO2. The van der Waals surface area contributed by atoms with Gasteiger partial charge < -0.3 is 9.84 Å². The number of rotatable bonds is 9. The smallest absolute Gasteiger partial charge is 0.125 e. The first-order valence-electron chi connectivity index (χ1n) is 7.25. The summed E-state index contributed by atoms with van der Waals surface area (Å²) in [6, 6.07) is 4.29. The lowest BCUT2D eigenvalue weighted by atomic mass is 10.1. The van der Waals surface area contributed by atoms with Crippen LogP contribution in [0.4, 0.5) is 4.39 Å². The summed E-state index contributed by atoms with van der Waals surface area (Å²) in [5, 5.41) is 9.58. The topological polar surface area (TPSA) is 29.5 Å². The number of ether oxygens (including phenoxy) is 1. The summed E-state index contributed by atoms with van der Waals surface area (Å²) in [5.74, 6) is 0.243. The van der Waals surface area contributed by atoms with Gasteiger partial charge in [0.1, 0.15) is 11.6 Å². The van der Waals surface area contributed by atoms with Crippen molar-refractivity contribution in [2.45, 2.75) is 58.5 Å². The van der Waals surface area contributed by atoms with E-state index in [0.717, 1.165) is 12.8 Å². The zero-order chi connectivity index (χ0) is 14.1. The average Bonchev–Trinajstić information content (AvgIpc) is 2.39. The summed E-state index contributed by atoms with van der Waals surface area (Å²) in [4.78, 5) is 0. The normalized spacial score (nSPS) is 12.4. The van der Waals surface area contributed by atoms with Crippen molar-refractivity contribution in [3.05, 3.63) is 29.6 Å². The van der Waals surface area contributed by atoms with Gasteiger partial charge in [0.15, 0.2) is 0 Å². The Hall–Kier alpha value is -1.09. The van der Waals surface area contributed by atoms with Gasteiger partial charge in [0, 0.05) is 5.56 Å². The van der Waals surface area contributed by atoms with Gasteiger partial charge in [-0.05, 0) is 31.5 Å². The van der Waals surface area contributed by atoms with Crippen molar-refractivity contribution in [2.24, 2.45) is 0 Å². The first-order valence-corrected chi connectivity index (χ1v) is 7.25. The molecule has 19 heavy (non-hydrogen) atoms. The van der Waals surface area contributed by atoms with Crippen LogP contribution in [0.2, 0.25) is 0 Å². The molecule has 0 aliphatic carbocycles. The highest BCUT2D eigenvalue weighted by molar-refractivity contribution is 5.35. The largest absolute Gasteiger partial charge is 0.493 e. The molecule has 0 fully saturated rings. The van der Waals surface area contributed by atoms with Gasteiger partial charge in [0.2, 0.25) is 0 Å². The molecule has 0 bridgehead atoms. The van der Waals surface area contributed by atoms with Gasteiger partial charge in [-0.25, -0.2) is 4.39 Å². The second-order valence-corrected chi connectivity index (χ2v) is 4.97. The van der Waals surface area contributed by atoms with Crippen molar-refractivity contribution in [1.29, 1.82) is 0 Å². The van der Waals surface area contributed by atoms with Crippen molar-refractivity contribution >= 4 is 0 Å². The number of benzene rings is 1. The molecule has 0 aromatic heterocycles. The van der Waals surface area contributed by atoms with Crippen LogP contribution in [0.25, 0.3) is 0 Å². The van der Waals surface area contributed by atoms with Gasteiger partial charge in [-0.3, -0.25) is 0 Å². The van der Waals surface area contributed by atoms with Gasteiger partial charge in [-0.15, -0.1) is 0 Å². The van der Waals surface area contributed by atoms with Gasteiger partial charge in [0.25, 0.3) is 0 Å². The molecule has 1 aromatic rings. The third kappa shape index (κ3) is 6.06. The molecule has 0 spiro atoms. The number of aliphatic hydroxyl groups excluding tert-OH is 1. The van der Waals surface area contributed by atoms with E-state index >= 15 is 0 Å². The highest BCUT2D eigenvalue weighted by atomic mass is 19.1. The van der Waals surface area contributed by atoms with E-state index < -0.39 is 6.10 Å². The number of hydrogen-bond acceptors (Lipinski definition) is 2. The molecule has 1 N–H and O–H groups in total. The minimum absolute atomic E-state index is 0.345. The van der Waals surface area contributed by atoms with E-state index in [0.29, 0.717) is 17.9 Å². The molecule has 0 unspecified atom stereocenters. The van der Waals surface area contributed by atoms with E-state index in [4.69, 9.17) is 4.74 Å². The van der Waals surface area contributed by atoms with E-state index in [9.17, 15) is 9.50 Å². The summed E-state index contributed by atoms with van der Waals surface area (Å²) in [6.07, 6.45) is 6.52. The fourth-order valence-electron chi connectivity index (χ4n) is 2.04. The van der Waals surface area contributed by atoms with Crippen LogP contribution in [0.15, 0.2) is 18.2 Å². The Labute approximate surface area is 115 Å². The zero-order valence-corrected chi connectivity index (χ0v) is 12.0. The van der Waals surface area contributed by atoms with Gasteiger partial charge in [-0.1, -0.05) is 39.0 Å². The molecule has 1 rings (SSSR count). The highest BCUT2D eigenvalue weighted by Gasteiger charge is 2.10. The maximum atomic E-state index is 13.1. The molecule has 0 heterocycles. The second-order valence-electron chi connectivity index (χ2n) is 4.97. The predicted octanol–water partition coefficient (Wildman–Crippen LogP) is 4.62. The number of unbranched alkanes of at least 4 members (excludes halogenated alkanes) is 5. The summed E-state index contributed by atoms with van der Waals surface area (Å²) in [7, 11) is 0. The van der Waals surface area contributed by atoms with E-state index in [1.54, 1.807) is 13.0 Å². The summed E-state index contributed by atoms with van der Waals surface area (Å²) in [6.45, 7) is 4.44. The van der Waals surface area contributed by atoms with Crippen LogP contribution in [0.3, 0.4) is 0 Å². The summed E-state index contributed by atoms with van der Waals surface area (Å²) < 4.78 is 18.7. The number of aliphatic hydroxyl groups is 1. The second kappa shape index (κ2) is 8.92. The Bertz CT molecular complexity index is 364. The molecule has 0 aliphatic rings. The molecule has 108 valence electrons. The Morgan fingerprint density at radius 3 is 2.53 bits per heavy atom.